The number of phenolic OH excluding ortho intramolecular Hbond substituents is 1. The van der Waals surface area contributed by atoms with Crippen molar-refractivity contribution in [1.29, 1.82) is 0 Å². The van der Waals surface area contributed by atoms with E-state index in [1.165, 1.54) is 17.7 Å². The van der Waals surface area contributed by atoms with Crippen molar-refractivity contribution in [3.05, 3.63) is 102 Å². The number of thiazole rings is 1. The Morgan fingerprint density at radius 3 is 2.33 bits per heavy atom. The molecule has 6 fully saturated rings. The van der Waals surface area contributed by atoms with E-state index >= 15 is 0 Å². The van der Waals surface area contributed by atoms with Crippen LogP contribution in [-0.4, -0.2) is 177 Å². The lowest BCUT2D eigenvalue weighted by molar-refractivity contribution is -0.141. The molecule has 20 nitrogen and oxygen atoms in total. The molecular formula is C62H79N13O7S. The second-order valence-corrected chi connectivity index (χ2v) is 25.0. The number of aliphatic hydroxyl groups excluding tert-OH is 1. The maximum absolute atomic E-state index is 14.4. The van der Waals surface area contributed by atoms with Crippen LogP contribution in [0, 0.1) is 18.8 Å². The van der Waals surface area contributed by atoms with Gasteiger partial charge in [0.2, 0.25) is 17.7 Å². The number of fused-ring (bicyclic) bond motifs is 2. The van der Waals surface area contributed by atoms with Crippen LogP contribution >= 0.6 is 11.3 Å². The highest BCUT2D eigenvalue weighted by atomic mass is 32.1. The van der Waals surface area contributed by atoms with Crippen LogP contribution < -0.4 is 30.5 Å². The van der Waals surface area contributed by atoms with Crippen LogP contribution in [0.3, 0.4) is 0 Å². The summed E-state index contributed by atoms with van der Waals surface area (Å²) in [6, 6.07) is 22.8. The van der Waals surface area contributed by atoms with Gasteiger partial charge < -0.3 is 59.8 Å². The number of piperazine rings is 2. The van der Waals surface area contributed by atoms with Crippen LogP contribution in [0.2, 0.25) is 0 Å². The monoisotopic (exact) mass is 1150 g/mol. The lowest BCUT2D eigenvalue weighted by Gasteiger charge is -2.43. The standard InChI is InChI=1S/C62H79N13O7S/c1-38(2)58(62(79)74-36-47(76)28-53(74)61(78)66-39(3)42-9-11-43(12-10-42)59-40(4)65-37-83-59)55-32-56(69-82-55)72-23-21-71(22-24-72)33-41-16-19-70(20-17-41)25-26-80-48-29-49(30-48)81-57-27-44(15-18-64-57)75-45-13-14-46(75)35-73(34-45)52-31-51(67-68-60(52)63)50-7-5-6-8-54(50)77/h5-12,15,18,27,31-32,37-39,41,45-49,53,58,76-77H,13-14,16-17,19-26,28-30,33-36H2,1-4H3,(H2,63,68)(H,66,78)/t39-,45?,46?,47+,48?,49?,53-,58+/m0/s1. The molecule has 1 aliphatic carbocycles. The number of phenols is 1. The van der Waals surface area contributed by atoms with Crippen molar-refractivity contribution < 1.29 is 33.8 Å². The number of piperidine rings is 1. The topological polar surface area (TPSA) is 228 Å². The Morgan fingerprint density at radius 2 is 1.60 bits per heavy atom. The minimum absolute atomic E-state index is 0.0847. The third kappa shape index (κ3) is 12.5. The SMILES string of the molecule is Cc1ncsc1-c1ccc([C@H](C)NC(=O)[C@@H]2C[C@@H](O)CN2C(=O)[C@@H](c2cc(N3CCN(CC4CCN(CCOC5CC(Oc6cc(N7C8CCC7CN(c7cc(-c9ccccc9O)nnc7N)C8)ccn6)C5)CC4)CC3)no2)C(C)C)cc1. The zero-order valence-corrected chi connectivity index (χ0v) is 48.9. The summed E-state index contributed by atoms with van der Waals surface area (Å²) >= 11 is 1.60. The number of β-amino-alcohol motifs (C(OH)–C–C–N with tert-alkyl or cyclic N) is 1. The van der Waals surface area contributed by atoms with Crippen molar-refractivity contribution in [3.63, 3.8) is 0 Å². The minimum Gasteiger partial charge on any atom is -0.507 e. The smallest absolute Gasteiger partial charge is 0.243 e. The number of para-hydroxylation sites is 1. The van der Waals surface area contributed by atoms with Gasteiger partial charge in [0.1, 0.15) is 23.8 Å². The number of nitrogen functional groups attached to an aromatic ring is 1. The van der Waals surface area contributed by atoms with Gasteiger partial charge in [-0.25, -0.2) is 9.97 Å². The van der Waals surface area contributed by atoms with Gasteiger partial charge in [-0.1, -0.05) is 55.4 Å². The number of aromatic hydroxyl groups is 1. The number of likely N-dealkylation sites (tertiary alicyclic amines) is 2. The van der Waals surface area contributed by atoms with Crippen molar-refractivity contribution in [2.45, 2.75) is 121 Å². The summed E-state index contributed by atoms with van der Waals surface area (Å²) < 4.78 is 18.7. The van der Waals surface area contributed by atoms with E-state index in [1.807, 2.05) is 87.9 Å². The molecule has 2 bridgehead atoms. The number of aliphatic hydroxyl groups is 1. The number of ether oxygens (including phenoxy) is 2. The number of nitrogens with one attached hydrogen (secondary N) is 1. The molecule has 2 unspecified atom stereocenters. The molecule has 6 aromatic rings. The minimum atomic E-state index is -0.802. The summed E-state index contributed by atoms with van der Waals surface area (Å²) in [7, 11) is 0. The van der Waals surface area contributed by atoms with Gasteiger partial charge in [-0.05, 0) is 99.8 Å². The maximum Gasteiger partial charge on any atom is 0.243 e. The summed E-state index contributed by atoms with van der Waals surface area (Å²) in [5.41, 5.74) is 14.5. The molecule has 2 amide bonds. The summed E-state index contributed by atoms with van der Waals surface area (Å²) in [6.07, 6.45) is 7.77. The number of hydrogen-bond acceptors (Lipinski definition) is 19. The number of benzene rings is 2. The molecule has 9 heterocycles. The van der Waals surface area contributed by atoms with Crippen molar-refractivity contribution in [3.8, 4) is 33.3 Å². The van der Waals surface area contributed by atoms with E-state index < -0.39 is 18.1 Å². The lowest BCUT2D eigenvalue weighted by atomic mass is 9.91. The number of carbonyl (C=O) groups excluding carboxylic acids is 2. The van der Waals surface area contributed by atoms with E-state index in [0.717, 1.165) is 137 Å². The highest BCUT2D eigenvalue weighted by Gasteiger charge is 2.45. The molecule has 12 rings (SSSR count). The van der Waals surface area contributed by atoms with Gasteiger partial charge in [0.05, 0.1) is 52.3 Å². The quantitative estimate of drug-likeness (QED) is 0.0632. The molecule has 5 saturated heterocycles. The van der Waals surface area contributed by atoms with Crippen LogP contribution in [0.4, 0.5) is 23.0 Å². The Kier molecular flexibility index (Phi) is 16.9. The van der Waals surface area contributed by atoms with E-state index in [9.17, 15) is 19.8 Å². The van der Waals surface area contributed by atoms with Gasteiger partial charge in [-0.3, -0.25) is 14.5 Å². The normalized spacial score (nSPS) is 24.1. The molecule has 5 aliphatic heterocycles. The summed E-state index contributed by atoms with van der Waals surface area (Å²) in [5.74, 6) is 1.78. The fourth-order valence-electron chi connectivity index (χ4n) is 13.5. The van der Waals surface area contributed by atoms with Gasteiger partial charge in [-0.15, -0.1) is 21.5 Å². The van der Waals surface area contributed by atoms with Gasteiger partial charge >= 0.3 is 0 Å². The average molecular weight is 1150 g/mol. The van der Waals surface area contributed by atoms with Crippen LogP contribution in [0.15, 0.2) is 89.0 Å². The number of aryl methyl sites for hydroxylation is 1. The van der Waals surface area contributed by atoms with E-state index in [2.05, 4.69) is 67.3 Å². The molecule has 6 atom stereocenters. The number of hydrogen-bond donors (Lipinski definition) is 4. The molecule has 0 spiro atoms. The maximum atomic E-state index is 14.4. The van der Waals surface area contributed by atoms with Crippen LogP contribution in [0.5, 0.6) is 11.6 Å². The molecule has 83 heavy (non-hydrogen) atoms. The first-order valence-electron chi connectivity index (χ1n) is 29.9. The second kappa shape index (κ2) is 24.7. The number of rotatable bonds is 19. The lowest BCUT2D eigenvalue weighted by Crippen LogP contribution is -2.54. The fraction of sp³-hybridized carbons (Fsp3) is 0.532. The molecular weight excluding hydrogens is 1070 g/mol. The summed E-state index contributed by atoms with van der Waals surface area (Å²) in [4.78, 5) is 52.1. The number of pyridine rings is 1. The zero-order chi connectivity index (χ0) is 57.3. The van der Waals surface area contributed by atoms with E-state index in [-0.39, 0.29) is 54.7 Å². The predicted octanol–water partition coefficient (Wildman–Crippen LogP) is 7.14. The Hall–Kier alpha value is -6.91. The number of carbonyl (C=O) groups is 2. The first kappa shape index (κ1) is 56.6. The van der Waals surface area contributed by atoms with E-state index in [1.54, 1.807) is 23.5 Å². The van der Waals surface area contributed by atoms with Crippen molar-refractivity contribution in [2.75, 3.05) is 99.0 Å². The number of nitrogens with two attached hydrogens (primary N) is 1. The summed E-state index contributed by atoms with van der Waals surface area (Å²) in [5, 5.41) is 37.4. The Bertz CT molecular complexity index is 3180. The molecule has 21 heteroatoms. The number of aromatic nitrogens is 5. The van der Waals surface area contributed by atoms with Gasteiger partial charge in [0.25, 0.3) is 0 Å². The molecule has 4 aromatic heterocycles. The molecule has 0 radical (unpaired) electrons. The van der Waals surface area contributed by atoms with Crippen molar-refractivity contribution in [1.82, 2.24) is 45.3 Å². The molecule has 1 saturated carbocycles. The molecule has 2 aromatic carbocycles. The van der Waals surface area contributed by atoms with Gasteiger partial charge in [-0.2, -0.15) is 0 Å². The largest absolute Gasteiger partial charge is 0.507 e. The average Bonchev–Trinajstić information content (AvgIpc) is 4.48. The Balaban J connectivity index is 0.543. The van der Waals surface area contributed by atoms with Crippen molar-refractivity contribution >= 4 is 46.2 Å². The first-order chi connectivity index (χ1) is 40.3. The highest BCUT2D eigenvalue weighted by molar-refractivity contribution is 7.13. The highest BCUT2D eigenvalue weighted by Crippen LogP contribution is 2.41. The number of amides is 2. The third-order valence-corrected chi connectivity index (χ3v) is 19.2. The second-order valence-electron chi connectivity index (χ2n) is 24.2. The third-order valence-electron chi connectivity index (χ3n) is 18.2. The van der Waals surface area contributed by atoms with Crippen LogP contribution in [0.25, 0.3) is 21.7 Å². The zero-order valence-electron chi connectivity index (χ0n) is 48.1. The number of nitrogens with zero attached hydrogens (tertiary/aromatic N) is 11. The predicted molar refractivity (Wildman–Crippen MR) is 320 cm³/mol. The fourth-order valence-corrected chi connectivity index (χ4v) is 14.3. The molecule has 6 aliphatic rings. The Labute approximate surface area is 489 Å². The van der Waals surface area contributed by atoms with Crippen LogP contribution in [-0.2, 0) is 14.3 Å². The molecule has 440 valence electrons. The van der Waals surface area contributed by atoms with E-state index in [0.29, 0.717) is 46.7 Å². The van der Waals surface area contributed by atoms with Crippen LogP contribution in [0.1, 0.15) is 94.7 Å². The molecule has 5 N–H and O–H groups in total. The Morgan fingerprint density at radius 1 is 0.843 bits per heavy atom. The number of anilines is 4. The van der Waals surface area contributed by atoms with E-state index in [4.69, 9.17) is 19.7 Å². The van der Waals surface area contributed by atoms with Gasteiger partial charge in [0.15, 0.2) is 17.4 Å². The van der Waals surface area contributed by atoms with Gasteiger partial charge in [0, 0.05) is 120 Å². The summed E-state index contributed by atoms with van der Waals surface area (Å²) in [6.45, 7) is 18.0. The van der Waals surface area contributed by atoms with Crippen molar-refractivity contribution in [2.24, 2.45) is 11.8 Å². The first-order valence-corrected chi connectivity index (χ1v) is 30.8.